The molecule has 1 saturated carbocycles. The van der Waals surface area contributed by atoms with E-state index in [9.17, 15) is 0 Å². The van der Waals surface area contributed by atoms with Gasteiger partial charge in [0.25, 0.3) is 0 Å². The van der Waals surface area contributed by atoms with E-state index in [-0.39, 0.29) is 0 Å². The van der Waals surface area contributed by atoms with Gasteiger partial charge in [0.05, 0.1) is 16.4 Å². The Bertz CT molecular complexity index is 428. The average molecular weight is 298 g/mol. The lowest BCUT2D eigenvalue weighted by Gasteiger charge is -2.26. The van der Waals surface area contributed by atoms with E-state index >= 15 is 0 Å². The third kappa shape index (κ3) is 3.56. The second kappa shape index (κ2) is 7.46. The Morgan fingerprint density at radius 2 is 2.00 bits per heavy atom. The van der Waals surface area contributed by atoms with Gasteiger partial charge in [-0.25, -0.2) is 0 Å². The van der Waals surface area contributed by atoms with Crippen molar-refractivity contribution < 1.29 is 0 Å². The van der Waals surface area contributed by atoms with Crippen molar-refractivity contribution in [3.05, 3.63) is 16.4 Å². The van der Waals surface area contributed by atoms with E-state index in [0.29, 0.717) is 12.0 Å². The summed E-state index contributed by atoms with van der Waals surface area (Å²) in [6.07, 6.45) is 8.65. The van der Waals surface area contributed by atoms with E-state index in [1.807, 2.05) is 11.7 Å². The number of hydrogen-bond acceptors (Lipinski definition) is 2. The van der Waals surface area contributed by atoms with Gasteiger partial charge in [-0.15, -0.1) is 0 Å². The number of nitrogens with one attached hydrogen (secondary N) is 1. The lowest BCUT2D eigenvalue weighted by Crippen LogP contribution is -2.36. The smallest absolute Gasteiger partial charge is 0.0849 e. The molecule has 2 unspecified atom stereocenters. The molecule has 1 heterocycles. The summed E-state index contributed by atoms with van der Waals surface area (Å²) < 4.78 is 2.00. The molecule has 1 N–H and O–H groups in total. The summed E-state index contributed by atoms with van der Waals surface area (Å²) in [5, 5.41) is 9.13. The van der Waals surface area contributed by atoms with Crippen LogP contribution in [0.4, 0.5) is 0 Å². The lowest BCUT2D eigenvalue weighted by molar-refractivity contribution is 0.332. The molecule has 1 aliphatic rings. The lowest BCUT2D eigenvalue weighted by atomic mass is 9.90. The van der Waals surface area contributed by atoms with E-state index in [1.54, 1.807) is 0 Å². The van der Waals surface area contributed by atoms with Crippen molar-refractivity contribution in [3.63, 3.8) is 0 Å². The second-order valence-corrected chi connectivity index (χ2v) is 6.33. The van der Waals surface area contributed by atoms with Gasteiger partial charge >= 0.3 is 0 Å². The highest BCUT2D eigenvalue weighted by Crippen LogP contribution is 2.30. The molecular formula is C16H28ClN3. The number of halogens is 1. The zero-order chi connectivity index (χ0) is 14.5. The fourth-order valence-electron chi connectivity index (χ4n) is 3.45. The zero-order valence-corrected chi connectivity index (χ0v) is 13.8. The van der Waals surface area contributed by atoms with E-state index in [0.717, 1.165) is 30.1 Å². The summed E-state index contributed by atoms with van der Waals surface area (Å²) >= 11 is 6.51. The molecule has 1 aromatic rings. The van der Waals surface area contributed by atoms with Gasteiger partial charge in [0.15, 0.2) is 0 Å². The molecule has 0 spiro atoms. The number of rotatable bonds is 5. The third-order valence-corrected chi connectivity index (χ3v) is 5.02. The highest BCUT2D eigenvalue weighted by Gasteiger charge is 2.26. The molecule has 0 aromatic carbocycles. The highest BCUT2D eigenvalue weighted by atomic mass is 35.5. The highest BCUT2D eigenvalue weighted by molar-refractivity contribution is 6.31. The van der Waals surface area contributed by atoms with E-state index in [4.69, 9.17) is 11.6 Å². The van der Waals surface area contributed by atoms with Crippen LogP contribution in [0, 0.1) is 5.92 Å². The summed E-state index contributed by atoms with van der Waals surface area (Å²) in [4.78, 5) is 0. The Balaban J connectivity index is 2.15. The molecule has 1 aliphatic carbocycles. The van der Waals surface area contributed by atoms with Crippen molar-refractivity contribution in [1.82, 2.24) is 15.1 Å². The van der Waals surface area contributed by atoms with E-state index in [2.05, 4.69) is 24.3 Å². The van der Waals surface area contributed by atoms with Crippen LogP contribution in [0.1, 0.15) is 57.3 Å². The molecule has 114 valence electrons. The summed E-state index contributed by atoms with van der Waals surface area (Å²) in [7, 11) is 2.03. The Morgan fingerprint density at radius 1 is 1.25 bits per heavy atom. The monoisotopic (exact) mass is 297 g/mol. The van der Waals surface area contributed by atoms with Crippen LogP contribution in [0.5, 0.6) is 0 Å². The number of nitrogens with zero attached hydrogens (tertiary/aromatic N) is 2. The molecule has 0 amide bonds. The van der Waals surface area contributed by atoms with Crippen LogP contribution in [0.25, 0.3) is 0 Å². The molecular weight excluding hydrogens is 270 g/mol. The van der Waals surface area contributed by atoms with Crippen molar-refractivity contribution in [3.8, 4) is 0 Å². The first-order valence-corrected chi connectivity index (χ1v) is 8.48. The van der Waals surface area contributed by atoms with Crippen LogP contribution in [-0.2, 0) is 19.9 Å². The molecule has 0 aliphatic heterocycles. The molecule has 4 heteroatoms. The number of hydrogen-bond donors (Lipinski definition) is 1. The fraction of sp³-hybridized carbons (Fsp3) is 0.812. The van der Waals surface area contributed by atoms with Crippen LogP contribution in [0.15, 0.2) is 0 Å². The normalized spacial score (nSPS) is 23.8. The van der Waals surface area contributed by atoms with Gasteiger partial charge in [-0.2, -0.15) is 5.10 Å². The van der Waals surface area contributed by atoms with Crippen LogP contribution in [0.2, 0.25) is 5.02 Å². The molecule has 1 fully saturated rings. The Labute approximate surface area is 128 Å². The molecule has 2 rings (SSSR count). The second-order valence-electron chi connectivity index (χ2n) is 5.95. The van der Waals surface area contributed by atoms with Gasteiger partial charge in [0.2, 0.25) is 0 Å². The van der Waals surface area contributed by atoms with Gasteiger partial charge in [0, 0.05) is 13.1 Å². The van der Waals surface area contributed by atoms with Crippen LogP contribution in [0.3, 0.4) is 0 Å². The maximum atomic E-state index is 6.51. The predicted molar refractivity (Wildman–Crippen MR) is 85.3 cm³/mol. The van der Waals surface area contributed by atoms with Crippen molar-refractivity contribution >= 4 is 11.6 Å². The summed E-state index contributed by atoms with van der Waals surface area (Å²) in [5.41, 5.74) is 2.26. The maximum Gasteiger partial charge on any atom is 0.0849 e. The summed E-state index contributed by atoms with van der Waals surface area (Å²) in [6, 6.07) is 0.638. The van der Waals surface area contributed by atoms with Crippen LogP contribution >= 0.6 is 11.6 Å². The first kappa shape index (κ1) is 15.8. The molecule has 0 saturated heterocycles. The Hall–Kier alpha value is -0.540. The number of aromatic nitrogens is 2. The van der Waals surface area contributed by atoms with Gasteiger partial charge in [-0.1, -0.05) is 44.7 Å². The van der Waals surface area contributed by atoms with Gasteiger partial charge in [-0.3, -0.25) is 4.68 Å². The predicted octanol–water partition coefficient (Wildman–Crippen LogP) is 3.74. The molecule has 20 heavy (non-hydrogen) atoms. The minimum Gasteiger partial charge on any atom is -0.314 e. The zero-order valence-electron chi connectivity index (χ0n) is 13.1. The molecule has 3 nitrogen and oxygen atoms in total. The van der Waals surface area contributed by atoms with E-state index < -0.39 is 0 Å². The van der Waals surface area contributed by atoms with Crippen molar-refractivity contribution in [2.75, 3.05) is 6.54 Å². The first-order valence-electron chi connectivity index (χ1n) is 8.11. The summed E-state index contributed by atoms with van der Waals surface area (Å²) in [6.45, 7) is 5.37. The third-order valence-electron chi connectivity index (χ3n) is 4.58. The SMILES string of the molecule is CCNC1CCCCCC1Cc1c(Cl)c(CC)nn1C. The first-order chi connectivity index (χ1) is 9.67. The van der Waals surface area contributed by atoms with Gasteiger partial charge in [-0.05, 0) is 38.1 Å². The topological polar surface area (TPSA) is 29.9 Å². The Kier molecular flexibility index (Phi) is 5.91. The minimum absolute atomic E-state index is 0.638. The largest absolute Gasteiger partial charge is 0.314 e. The Morgan fingerprint density at radius 3 is 2.65 bits per heavy atom. The average Bonchev–Trinajstić information content (AvgIpc) is 2.61. The van der Waals surface area contributed by atoms with Gasteiger partial charge < -0.3 is 5.32 Å². The quantitative estimate of drug-likeness (QED) is 0.839. The molecule has 1 aromatic heterocycles. The molecule has 2 atom stereocenters. The number of aryl methyl sites for hydroxylation is 2. The van der Waals surface area contributed by atoms with Crippen molar-refractivity contribution in [2.45, 2.75) is 64.8 Å². The maximum absolute atomic E-state index is 6.51. The van der Waals surface area contributed by atoms with Crippen molar-refractivity contribution in [2.24, 2.45) is 13.0 Å². The summed E-state index contributed by atoms with van der Waals surface area (Å²) in [5.74, 6) is 0.690. The van der Waals surface area contributed by atoms with Gasteiger partial charge in [0.1, 0.15) is 0 Å². The minimum atomic E-state index is 0.638. The standard InChI is InChI=1S/C16H28ClN3/c1-4-13-16(17)15(20(3)19-13)11-12-9-7-6-8-10-14(12)18-5-2/h12,14,18H,4-11H2,1-3H3. The van der Waals surface area contributed by atoms with Crippen LogP contribution in [-0.4, -0.2) is 22.4 Å². The fourth-order valence-corrected chi connectivity index (χ4v) is 3.82. The van der Waals surface area contributed by atoms with Crippen molar-refractivity contribution in [1.29, 1.82) is 0 Å². The molecule has 0 bridgehead atoms. The molecule has 0 radical (unpaired) electrons. The van der Waals surface area contributed by atoms with E-state index in [1.165, 1.54) is 37.8 Å². The van der Waals surface area contributed by atoms with Crippen LogP contribution < -0.4 is 5.32 Å².